The van der Waals surface area contributed by atoms with Gasteiger partial charge in [0, 0.05) is 13.2 Å². The van der Waals surface area contributed by atoms with E-state index in [4.69, 9.17) is 4.74 Å². The lowest BCUT2D eigenvalue weighted by Gasteiger charge is -2.25. The van der Waals surface area contributed by atoms with Crippen molar-refractivity contribution in [3.8, 4) is 5.88 Å². The van der Waals surface area contributed by atoms with Gasteiger partial charge in [-0.1, -0.05) is 26.7 Å². The van der Waals surface area contributed by atoms with Gasteiger partial charge < -0.3 is 10.1 Å². The molecule has 1 aliphatic rings. The Kier molecular flexibility index (Phi) is 5.50. The van der Waals surface area contributed by atoms with Gasteiger partial charge in [0.05, 0.1) is 24.2 Å². The summed E-state index contributed by atoms with van der Waals surface area (Å²) in [6, 6.07) is 0. The van der Waals surface area contributed by atoms with Crippen LogP contribution in [-0.2, 0) is 13.5 Å². The highest BCUT2D eigenvalue weighted by atomic mass is 19.1. The van der Waals surface area contributed by atoms with Gasteiger partial charge in [0.1, 0.15) is 0 Å². The molecule has 3 rings (SSSR count). The average Bonchev–Trinajstić information content (AvgIpc) is 2.96. The molecule has 136 valence electrons. The van der Waals surface area contributed by atoms with Crippen LogP contribution in [0.1, 0.15) is 45.2 Å². The molecule has 0 atom stereocenters. The number of hydrogen-bond acceptors (Lipinski definition) is 5. The van der Waals surface area contributed by atoms with Crippen LogP contribution >= 0.6 is 0 Å². The van der Waals surface area contributed by atoms with E-state index in [0.29, 0.717) is 18.5 Å². The maximum atomic E-state index is 14.0. The molecule has 0 bridgehead atoms. The largest absolute Gasteiger partial charge is 0.475 e. The lowest BCUT2D eigenvalue weighted by Crippen LogP contribution is -2.19. The summed E-state index contributed by atoms with van der Waals surface area (Å²) in [6.45, 7) is 4.81. The van der Waals surface area contributed by atoms with Crippen molar-refractivity contribution in [2.45, 2.75) is 46.0 Å². The molecule has 1 aliphatic carbocycles. The van der Waals surface area contributed by atoms with Crippen molar-refractivity contribution in [1.29, 1.82) is 0 Å². The first-order chi connectivity index (χ1) is 12.0. The summed E-state index contributed by atoms with van der Waals surface area (Å²) in [5.41, 5.74) is 1.73. The topological polar surface area (TPSA) is 64.9 Å². The zero-order chi connectivity index (χ0) is 17.8. The Morgan fingerprint density at radius 1 is 1.32 bits per heavy atom. The van der Waals surface area contributed by atoms with Gasteiger partial charge in [-0.3, -0.25) is 4.68 Å². The van der Waals surface area contributed by atoms with Crippen LogP contribution in [0, 0.1) is 17.7 Å². The standard InChI is InChI=1S/C18H26FN5O/c1-4-15-16(10-24(3)23-15)21-18-20-9-14(19)17(22-18)25-11-13-7-5-12(2)6-8-13/h9-10,12-13H,4-8,11H2,1-3H3,(H,20,21,22). The number of nitrogens with zero attached hydrogens (tertiary/aromatic N) is 4. The zero-order valence-electron chi connectivity index (χ0n) is 15.1. The van der Waals surface area contributed by atoms with Crippen molar-refractivity contribution in [1.82, 2.24) is 19.7 Å². The fourth-order valence-corrected chi connectivity index (χ4v) is 3.23. The third-order valence-electron chi connectivity index (χ3n) is 4.79. The van der Waals surface area contributed by atoms with Gasteiger partial charge in [0.15, 0.2) is 0 Å². The number of halogens is 1. The molecule has 6 nitrogen and oxygen atoms in total. The first kappa shape index (κ1) is 17.6. The van der Waals surface area contributed by atoms with Crippen molar-refractivity contribution >= 4 is 11.6 Å². The number of hydrogen-bond donors (Lipinski definition) is 1. The van der Waals surface area contributed by atoms with Gasteiger partial charge in [-0.05, 0) is 31.1 Å². The van der Waals surface area contributed by atoms with Crippen LogP contribution in [0.3, 0.4) is 0 Å². The van der Waals surface area contributed by atoms with E-state index in [-0.39, 0.29) is 5.88 Å². The Bertz CT molecular complexity index is 709. The summed E-state index contributed by atoms with van der Waals surface area (Å²) >= 11 is 0. The Morgan fingerprint density at radius 3 is 2.80 bits per heavy atom. The third-order valence-corrected chi connectivity index (χ3v) is 4.79. The smallest absolute Gasteiger partial charge is 0.255 e. The number of aryl methyl sites for hydroxylation is 2. The molecule has 2 aromatic rings. The summed E-state index contributed by atoms with van der Waals surface area (Å²) in [6.07, 6.45) is 8.49. The Hall–Kier alpha value is -2.18. The highest BCUT2D eigenvalue weighted by molar-refractivity contribution is 5.55. The molecule has 0 spiro atoms. The Morgan fingerprint density at radius 2 is 2.08 bits per heavy atom. The quantitative estimate of drug-likeness (QED) is 0.859. The van der Waals surface area contributed by atoms with E-state index in [0.717, 1.165) is 42.8 Å². The van der Waals surface area contributed by atoms with Crippen LogP contribution in [-0.4, -0.2) is 26.4 Å². The normalized spacial score (nSPS) is 20.5. The summed E-state index contributed by atoms with van der Waals surface area (Å²) < 4.78 is 21.4. The molecule has 2 aromatic heterocycles. The molecule has 1 fully saturated rings. The maximum absolute atomic E-state index is 14.0. The van der Waals surface area contributed by atoms with E-state index in [1.807, 2.05) is 20.2 Å². The number of ether oxygens (including phenoxy) is 1. The summed E-state index contributed by atoms with van der Waals surface area (Å²) in [4.78, 5) is 8.20. The van der Waals surface area contributed by atoms with Gasteiger partial charge in [0.25, 0.3) is 5.88 Å². The Labute approximate surface area is 147 Å². The second-order valence-corrected chi connectivity index (χ2v) is 6.93. The predicted molar refractivity (Wildman–Crippen MR) is 94.5 cm³/mol. The molecule has 1 saturated carbocycles. The number of rotatable bonds is 6. The third kappa shape index (κ3) is 4.46. The number of nitrogens with one attached hydrogen (secondary N) is 1. The molecule has 25 heavy (non-hydrogen) atoms. The lowest BCUT2D eigenvalue weighted by molar-refractivity contribution is 0.178. The van der Waals surface area contributed by atoms with Gasteiger partial charge in [-0.15, -0.1) is 0 Å². The SMILES string of the molecule is CCc1nn(C)cc1Nc1ncc(F)c(OCC2CCC(C)CC2)n1. The first-order valence-corrected chi connectivity index (χ1v) is 9.00. The fraction of sp³-hybridized carbons (Fsp3) is 0.611. The predicted octanol–water partition coefficient (Wildman–Crippen LogP) is 3.86. The van der Waals surface area contributed by atoms with Gasteiger partial charge in [-0.25, -0.2) is 4.98 Å². The lowest BCUT2D eigenvalue weighted by atomic mass is 9.83. The molecule has 2 heterocycles. The molecule has 0 radical (unpaired) electrons. The monoisotopic (exact) mass is 347 g/mol. The van der Waals surface area contributed by atoms with Crippen LogP contribution in [0.15, 0.2) is 12.4 Å². The highest BCUT2D eigenvalue weighted by Gasteiger charge is 2.20. The number of anilines is 2. The molecule has 0 aliphatic heterocycles. The van der Waals surface area contributed by atoms with Crippen molar-refractivity contribution in [3.63, 3.8) is 0 Å². The van der Waals surface area contributed by atoms with Crippen LogP contribution in [0.5, 0.6) is 5.88 Å². The summed E-state index contributed by atoms with van der Waals surface area (Å²) in [5.74, 6) is 1.06. The Balaban J connectivity index is 1.65. The molecule has 0 unspecified atom stereocenters. The number of aromatic nitrogens is 4. The van der Waals surface area contributed by atoms with E-state index in [1.54, 1.807) is 4.68 Å². The molecular formula is C18H26FN5O. The molecule has 0 amide bonds. The summed E-state index contributed by atoms with van der Waals surface area (Å²) in [7, 11) is 1.86. The maximum Gasteiger partial charge on any atom is 0.255 e. The highest BCUT2D eigenvalue weighted by Crippen LogP contribution is 2.29. The molecule has 7 heteroatoms. The second-order valence-electron chi connectivity index (χ2n) is 6.93. The molecule has 0 aromatic carbocycles. The minimum Gasteiger partial charge on any atom is -0.475 e. The summed E-state index contributed by atoms with van der Waals surface area (Å²) in [5, 5.41) is 7.47. The van der Waals surface area contributed by atoms with Crippen LogP contribution in [0.4, 0.5) is 16.0 Å². The minimum atomic E-state index is -0.531. The first-order valence-electron chi connectivity index (χ1n) is 9.00. The second kappa shape index (κ2) is 7.80. The van der Waals surface area contributed by atoms with Crippen molar-refractivity contribution in [3.05, 3.63) is 23.9 Å². The molecule has 0 saturated heterocycles. The van der Waals surface area contributed by atoms with Crippen molar-refractivity contribution in [2.24, 2.45) is 18.9 Å². The van der Waals surface area contributed by atoms with E-state index >= 15 is 0 Å². The van der Waals surface area contributed by atoms with Crippen LogP contribution in [0.25, 0.3) is 0 Å². The van der Waals surface area contributed by atoms with Gasteiger partial charge in [-0.2, -0.15) is 14.5 Å². The molecular weight excluding hydrogens is 321 g/mol. The van der Waals surface area contributed by atoms with Gasteiger partial charge >= 0.3 is 0 Å². The van der Waals surface area contributed by atoms with Crippen molar-refractivity contribution < 1.29 is 9.13 Å². The van der Waals surface area contributed by atoms with Gasteiger partial charge in [0.2, 0.25) is 11.8 Å². The van der Waals surface area contributed by atoms with E-state index < -0.39 is 5.82 Å². The minimum absolute atomic E-state index is 0.0121. The van der Waals surface area contributed by atoms with E-state index in [2.05, 4.69) is 27.3 Å². The van der Waals surface area contributed by atoms with Crippen molar-refractivity contribution in [2.75, 3.05) is 11.9 Å². The fourth-order valence-electron chi connectivity index (χ4n) is 3.23. The van der Waals surface area contributed by atoms with E-state index in [1.165, 1.54) is 12.8 Å². The molecule has 1 N–H and O–H groups in total. The van der Waals surface area contributed by atoms with Crippen LogP contribution in [0.2, 0.25) is 0 Å². The van der Waals surface area contributed by atoms with Crippen LogP contribution < -0.4 is 10.1 Å². The van der Waals surface area contributed by atoms with E-state index in [9.17, 15) is 4.39 Å². The average molecular weight is 347 g/mol. The zero-order valence-corrected chi connectivity index (χ0v) is 15.1.